The average Bonchev–Trinajstić information content (AvgIpc) is 3.41. The minimum atomic E-state index is -0.468. The van der Waals surface area contributed by atoms with Crippen molar-refractivity contribution >= 4 is 34.6 Å². The number of pyridine rings is 1. The van der Waals surface area contributed by atoms with Crippen LogP contribution in [0.1, 0.15) is 23.5 Å². The molecule has 1 aliphatic heterocycles. The highest BCUT2D eigenvalue weighted by atomic mass is 35.5. The molecule has 1 saturated heterocycles. The zero-order valence-corrected chi connectivity index (χ0v) is 18.3. The Balaban J connectivity index is 1.67. The normalized spacial score (nSPS) is 18.1. The fraction of sp³-hybridized carbons (Fsp3) is 0.0833. The van der Waals surface area contributed by atoms with Crippen molar-refractivity contribution in [3.63, 3.8) is 0 Å². The smallest absolute Gasteiger partial charge is 0.174 e. The van der Waals surface area contributed by atoms with E-state index in [-0.39, 0.29) is 22.9 Å². The topological polar surface area (TPSA) is 53.3 Å². The van der Waals surface area contributed by atoms with Crippen LogP contribution in [-0.2, 0) is 0 Å². The largest absolute Gasteiger partial charge is 0.508 e. The zero-order chi connectivity index (χ0) is 22.2. The summed E-state index contributed by atoms with van der Waals surface area (Å²) in [7, 11) is 0. The summed E-state index contributed by atoms with van der Waals surface area (Å²) in [4.78, 5) is 6.56. The maximum Gasteiger partial charge on any atom is 0.174 e. The third kappa shape index (κ3) is 3.59. The first-order valence-corrected chi connectivity index (χ1v) is 10.7. The van der Waals surface area contributed by atoms with Gasteiger partial charge in [-0.25, -0.2) is 4.39 Å². The van der Waals surface area contributed by atoms with Crippen LogP contribution in [0.5, 0.6) is 5.75 Å². The van der Waals surface area contributed by atoms with Crippen molar-refractivity contribution < 1.29 is 9.50 Å². The summed E-state index contributed by atoms with van der Waals surface area (Å²) in [6, 6.07) is 20.7. The standard InChI is InChI=1S/C24H18ClFN4OS/c25-18-14-16(8-11-19(18)26)29-13-3-5-21(29)23-22(20-4-1-2-12-27-20)28-24(32)30(23)15-6-9-17(31)10-7-15/h1-14,22-23,31H,(H,28,32)/t22-,23+/m0/s1. The second kappa shape index (κ2) is 8.26. The third-order valence-electron chi connectivity index (χ3n) is 5.49. The average molecular weight is 465 g/mol. The van der Waals surface area contributed by atoms with Crippen molar-refractivity contribution in [3.8, 4) is 11.4 Å². The Labute approximate surface area is 194 Å². The molecule has 0 spiro atoms. The Morgan fingerprint density at radius 2 is 1.78 bits per heavy atom. The number of nitrogens with one attached hydrogen (secondary N) is 1. The number of aromatic nitrogens is 2. The van der Waals surface area contributed by atoms with Crippen molar-refractivity contribution in [2.45, 2.75) is 12.1 Å². The van der Waals surface area contributed by atoms with Crippen LogP contribution in [0.15, 0.2) is 85.2 Å². The predicted molar refractivity (Wildman–Crippen MR) is 127 cm³/mol. The van der Waals surface area contributed by atoms with Crippen molar-refractivity contribution in [3.05, 3.63) is 107 Å². The highest BCUT2D eigenvalue weighted by molar-refractivity contribution is 7.80. The Morgan fingerprint density at radius 3 is 2.50 bits per heavy atom. The van der Waals surface area contributed by atoms with Crippen molar-refractivity contribution in [1.82, 2.24) is 14.9 Å². The number of rotatable bonds is 4. The Kier molecular flexibility index (Phi) is 5.28. The van der Waals surface area contributed by atoms with Crippen LogP contribution in [0.3, 0.4) is 0 Å². The molecule has 8 heteroatoms. The van der Waals surface area contributed by atoms with Gasteiger partial charge in [0.15, 0.2) is 5.11 Å². The maximum atomic E-state index is 13.8. The van der Waals surface area contributed by atoms with Gasteiger partial charge in [-0.15, -0.1) is 0 Å². The molecule has 2 aromatic carbocycles. The van der Waals surface area contributed by atoms with E-state index in [1.54, 1.807) is 30.5 Å². The lowest BCUT2D eigenvalue weighted by Gasteiger charge is -2.29. The van der Waals surface area contributed by atoms with Gasteiger partial charge in [0.2, 0.25) is 0 Å². The lowest BCUT2D eigenvalue weighted by Crippen LogP contribution is -2.30. The summed E-state index contributed by atoms with van der Waals surface area (Å²) in [5.74, 6) is -0.293. The molecule has 0 bridgehead atoms. The first-order valence-electron chi connectivity index (χ1n) is 9.95. The van der Waals surface area contributed by atoms with E-state index >= 15 is 0 Å². The molecule has 0 radical (unpaired) electrons. The van der Waals surface area contributed by atoms with Gasteiger partial charge < -0.3 is 19.9 Å². The van der Waals surface area contributed by atoms with E-state index in [4.69, 9.17) is 23.8 Å². The van der Waals surface area contributed by atoms with Crippen LogP contribution in [0.4, 0.5) is 10.1 Å². The van der Waals surface area contributed by atoms with E-state index in [1.165, 1.54) is 6.07 Å². The lowest BCUT2D eigenvalue weighted by molar-refractivity contribution is 0.475. The molecule has 4 aromatic rings. The second-order valence-corrected chi connectivity index (χ2v) is 8.21. The number of phenolic OH excluding ortho intramolecular Hbond substituents is 1. The third-order valence-corrected chi connectivity index (χ3v) is 6.09. The number of aromatic hydroxyl groups is 1. The minimum Gasteiger partial charge on any atom is -0.508 e. The monoisotopic (exact) mass is 464 g/mol. The zero-order valence-electron chi connectivity index (χ0n) is 16.7. The van der Waals surface area contributed by atoms with E-state index in [9.17, 15) is 9.50 Å². The Hall–Kier alpha value is -3.42. The molecule has 2 atom stereocenters. The SMILES string of the molecule is Oc1ccc(N2C(=S)N[C@@H](c3ccccn3)[C@H]2c2cccn2-c2ccc(F)c(Cl)c2)cc1. The van der Waals surface area contributed by atoms with Crippen LogP contribution in [-0.4, -0.2) is 19.8 Å². The fourth-order valence-corrected chi connectivity index (χ4v) is 4.57. The molecule has 1 aliphatic rings. The number of phenols is 1. The van der Waals surface area contributed by atoms with Crippen molar-refractivity contribution in [2.24, 2.45) is 0 Å². The van der Waals surface area contributed by atoms with Gasteiger partial charge in [-0.05, 0) is 78.9 Å². The van der Waals surface area contributed by atoms with E-state index in [0.717, 1.165) is 22.8 Å². The lowest BCUT2D eigenvalue weighted by atomic mass is 10.0. The van der Waals surface area contributed by atoms with Crippen LogP contribution in [0.2, 0.25) is 5.02 Å². The van der Waals surface area contributed by atoms with Crippen LogP contribution in [0.25, 0.3) is 5.69 Å². The highest BCUT2D eigenvalue weighted by Gasteiger charge is 2.42. The van der Waals surface area contributed by atoms with Gasteiger partial charge in [0.05, 0.1) is 16.8 Å². The van der Waals surface area contributed by atoms with Gasteiger partial charge in [0, 0.05) is 29.5 Å². The number of anilines is 1. The second-order valence-electron chi connectivity index (χ2n) is 7.41. The number of benzene rings is 2. The summed E-state index contributed by atoms with van der Waals surface area (Å²) in [5.41, 5.74) is 3.32. The van der Waals surface area contributed by atoms with Crippen LogP contribution >= 0.6 is 23.8 Å². The van der Waals surface area contributed by atoms with Gasteiger partial charge in [0.25, 0.3) is 0 Å². The molecule has 2 N–H and O–H groups in total. The Bertz CT molecular complexity index is 1280. The molecule has 3 heterocycles. The van der Waals surface area contributed by atoms with E-state index in [0.29, 0.717) is 5.11 Å². The van der Waals surface area contributed by atoms with Crippen LogP contribution in [0, 0.1) is 5.82 Å². The van der Waals surface area contributed by atoms with Crippen molar-refractivity contribution in [1.29, 1.82) is 0 Å². The number of thiocarbonyl (C=S) groups is 1. The van der Waals surface area contributed by atoms with Gasteiger partial charge in [-0.1, -0.05) is 17.7 Å². The molecule has 1 fully saturated rings. The summed E-state index contributed by atoms with van der Waals surface area (Å²) < 4.78 is 15.8. The summed E-state index contributed by atoms with van der Waals surface area (Å²) in [6.07, 6.45) is 3.66. The molecule has 32 heavy (non-hydrogen) atoms. The molecule has 0 unspecified atom stereocenters. The first kappa shape index (κ1) is 20.5. The summed E-state index contributed by atoms with van der Waals surface area (Å²) in [5, 5.41) is 13.8. The predicted octanol–water partition coefficient (Wildman–Crippen LogP) is 5.55. The number of nitrogens with zero attached hydrogens (tertiary/aromatic N) is 3. The van der Waals surface area contributed by atoms with Crippen LogP contribution < -0.4 is 10.2 Å². The van der Waals surface area contributed by atoms with E-state index in [1.807, 2.05) is 58.1 Å². The quantitative estimate of drug-likeness (QED) is 0.388. The van der Waals surface area contributed by atoms with Gasteiger partial charge in [-0.3, -0.25) is 4.98 Å². The fourth-order valence-electron chi connectivity index (χ4n) is 4.05. The summed E-state index contributed by atoms with van der Waals surface area (Å²) >= 11 is 11.8. The molecule has 0 amide bonds. The van der Waals surface area contributed by atoms with Gasteiger partial charge in [0.1, 0.15) is 17.6 Å². The van der Waals surface area contributed by atoms with Gasteiger partial charge in [-0.2, -0.15) is 0 Å². The number of hydrogen-bond donors (Lipinski definition) is 2. The van der Waals surface area contributed by atoms with E-state index in [2.05, 4.69) is 10.3 Å². The molecule has 160 valence electrons. The molecule has 5 nitrogen and oxygen atoms in total. The maximum absolute atomic E-state index is 13.8. The molecular formula is C24H18ClFN4OS. The van der Waals surface area contributed by atoms with Crippen molar-refractivity contribution in [2.75, 3.05) is 4.90 Å². The first-order chi connectivity index (χ1) is 15.5. The molecule has 5 rings (SSSR count). The molecular weight excluding hydrogens is 447 g/mol. The highest BCUT2D eigenvalue weighted by Crippen LogP contribution is 2.42. The number of hydrogen-bond acceptors (Lipinski definition) is 3. The Morgan fingerprint density at radius 1 is 1.00 bits per heavy atom. The minimum absolute atomic E-state index is 0.0545. The van der Waals surface area contributed by atoms with Gasteiger partial charge >= 0.3 is 0 Å². The van der Waals surface area contributed by atoms with E-state index < -0.39 is 5.82 Å². The number of halogens is 2. The molecule has 0 saturated carbocycles. The molecule has 0 aliphatic carbocycles. The molecule has 2 aromatic heterocycles. The summed E-state index contributed by atoms with van der Waals surface area (Å²) in [6.45, 7) is 0.